The maximum atomic E-state index is 11.6. The summed E-state index contributed by atoms with van der Waals surface area (Å²) in [5.74, 6) is 0.272. The van der Waals surface area contributed by atoms with Crippen LogP contribution in [0.3, 0.4) is 0 Å². The Bertz CT molecular complexity index is 489. The molecule has 0 aromatic carbocycles. The Balaban J connectivity index is 1.56. The van der Waals surface area contributed by atoms with Crippen LogP contribution in [0, 0.1) is 11.8 Å². The highest BCUT2D eigenvalue weighted by atomic mass is 16.2. The van der Waals surface area contributed by atoms with E-state index in [9.17, 15) is 9.59 Å². The minimum atomic E-state index is -0.255. The molecule has 2 rings (SSSR count). The van der Waals surface area contributed by atoms with Crippen LogP contribution in [0.1, 0.15) is 51.4 Å². The maximum absolute atomic E-state index is 11.6. The molecule has 0 aromatic heterocycles. The third-order valence-corrected chi connectivity index (χ3v) is 4.15. The van der Waals surface area contributed by atoms with E-state index in [1.807, 2.05) is 0 Å². The molecule has 2 N–H and O–H groups in total. The molecule has 2 aliphatic carbocycles. The number of amides is 2. The highest BCUT2D eigenvalue weighted by Crippen LogP contribution is 2.16. The molecule has 0 saturated carbocycles. The van der Waals surface area contributed by atoms with Crippen molar-refractivity contribution in [2.75, 3.05) is 0 Å². The molecule has 2 amide bonds. The van der Waals surface area contributed by atoms with E-state index < -0.39 is 0 Å². The number of carbonyl (C=O) groups excluding carboxylic acids is 2. The maximum Gasteiger partial charge on any atom is 0.240 e. The molecular weight excluding hydrogens is 304 g/mol. The largest absolute Gasteiger partial charge is 0.273 e. The topological polar surface area (TPSA) is 82.9 Å². The van der Waals surface area contributed by atoms with Crippen molar-refractivity contribution >= 4 is 24.2 Å². The van der Waals surface area contributed by atoms with Crippen LogP contribution in [0.4, 0.5) is 0 Å². The second kappa shape index (κ2) is 10.5. The van der Waals surface area contributed by atoms with Crippen molar-refractivity contribution < 1.29 is 9.59 Å². The van der Waals surface area contributed by atoms with E-state index in [1.165, 1.54) is 0 Å². The van der Waals surface area contributed by atoms with Gasteiger partial charge in [0.15, 0.2) is 0 Å². The van der Waals surface area contributed by atoms with Crippen LogP contribution in [0.5, 0.6) is 0 Å². The lowest BCUT2D eigenvalue weighted by Gasteiger charge is -2.12. The summed E-state index contributed by atoms with van der Waals surface area (Å²) < 4.78 is 0. The lowest BCUT2D eigenvalue weighted by Crippen LogP contribution is -2.23. The van der Waals surface area contributed by atoms with Gasteiger partial charge in [-0.1, -0.05) is 24.3 Å². The smallest absolute Gasteiger partial charge is 0.240 e. The summed E-state index contributed by atoms with van der Waals surface area (Å²) in [4.78, 5) is 23.3. The second-order valence-electron chi connectivity index (χ2n) is 6.22. The molecule has 0 fully saturated rings. The molecule has 6 nitrogen and oxygen atoms in total. The van der Waals surface area contributed by atoms with E-state index in [0.717, 1.165) is 38.5 Å². The molecule has 24 heavy (non-hydrogen) atoms. The van der Waals surface area contributed by atoms with Crippen molar-refractivity contribution in [3.63, 3.8) is 0 Å². The molecule has 6 heteroatoms. The lowest BCUT2D eigenvalue weighted by atomic mass is 9.96. The van der Waals surface area contributed by atoms with Crippen molar-refractivity contribution in [2.24, 2.45) is 22.0 Å². The van der Waals surface area contributed by atoms with Gasteiger partial charge in [-0.05, 0) is 50.4 Å². The first-order valence-electron chi connectivity index (χ1n) is 8.68. The average Bonchev–Trinajstić information content (AvgIpc) is 2.62. The van der Waals surface area contributed by atoms with Gasteiger partial charge in [-0.3, -0.25) is 9.59 Å². The zero-order valence-electron chi connectivity index (χ0n) is 14.0. The number of allylic oxidation sites excluding steroid dienone is 4. The summed E-state index contributed by atoms with van der Waals surface area (Å²) in [5.41, 5.74) is 4.95. The number of nitrogens with one attached hydrogen (secondary N) is 2. The fourth-order valence-corrected chi connectivity index (χ4v) is 2.67. The number of hydrazone groups is 2. The number of hydrogen-bond acceptors (Lipinski definition) is 4. The van der Waals surface area contributed by atoms with Gasteiger partial charge in [-0.15, -0.1) is 0 Å². The van der Waals surface area contributed by atoms with E-state index in [4.69, 9.17) is 0 Å². The molecule has 0 saturated heterocycles. The average molecular weight is 330 g/mol. The summed E-state index contributed by atoms with van der Waals surface area (Å²) in [6.07, 6.45) is 18.6. The van der Waals surface area contributed by atoms with Crippen molar-refractivity contribution in [3.05, 3.63) is 24.3 Å². The van der Waals surface area contributed by atoms with Gasteiger partial charge in [0.1, 0.15) is 0 Å². The van der Waals surface area contributed by atoms with E-state index in [2.05, 4.69) is 45.4 Å². The highest BCUT2D eigenvalue weighted by Gasteiger charge is 2.09. The molecule has 0 aromatic rings. The zero-order valence-corrected chi connectivity index (χ0v) is 14.0. The molecule has 0 bridgehead atoms. The van der Waals surface area contributed by atoms with E-state index in [-0.39, 0.29) is 24.7 Å². The number of rotatable bonds is 7. The Labute approximate surface area is 143 Å². The Hall–Kier alpha value is -2.24. The summed E-state index contributed by atoms with van der Waals surface area (Å²) in [5, 5.41) is 7.94. The van der Waals surface area contributed by atoms with Gasteiger partial charge in [0.2, 0.25) is 11.8 Å². The first kappa shape index (κ1) is 18.1. The Morgan fingerprint density at radius 3 is 1.67 bits per heavy atom. The fourth-order valence-electron chi connectivity index (χ4n) is 2.67. The van der Waals surface area contributed by atoms with Crippen LogP contribution in [-0.2, 0) is 9.59 Å². The Kier molecular flexibility index (Phi) is 7.93. The lowest BCUT2D eigenvalue weighted by molar-refractivity contribution is -0.126. The van der Waals surface area contributed by atoms with Crippen LogP contribution in [0.15, 0.2) is 34.5 Å². The first-order valence-corrected chi connectivity index (χ1v) is 8.68. The molecule has 0 heterocycles. The monoisotopic (exact) mass is 330 g/mol. The van der Waals surface area contributed by atoms with Crippen LogP contribution < -0.4 is 10.9 Å². The van der Waals surface area contributed by atoms with E-state index in [0.29, 0.717) is 11.8 Å². The SMILES string of the molecule is O=C(CCC(=O)N/N=C\[C@@H]1CC=CCC1)N/N=C\[C@@H]1CC=CCC1. The second-order valence-corrected chi connectivity index (χ2v) is 6.22. The molecule has 0 aliphatic heterocycles. The number of hydrogen-bond donors (Lipinski definition) is 2. The van der Waals surface area contributed by atoms with Gasteiger partial charge in [0.25, 0.3) is 0 Å². The summed E-state index contributed by atoms with van der Waals surface area (Å²) in [6.45, 7) is 0. The standard InChI is InChI=1S/C18H26N4O2/c23-17(21-19-13-15-7-3-1-4-8-15)11-12-18(24)22-20-14-16-9-5-2-6-10-16/h1-3,5,13-16H,4,6-12H2,(H,21,23)(H,22,24)/b19-13-,20-14-/t15-,16-/m1/s1. The highest BCUT2D eigenvalue weighted by molar-refractivity contribution is 5.84. The summed E-state index contributed by atoms with van der Waals surface area (Å²) in [6, 6.07) is 0. The van der Waals surface area contributed by atoms with Crippen molar-refractivity contribution in [3.8, 4) is 0 Å². The van der Waals surface area contributed by atoms with E-state index >= 15 is 0 Å². The Morgan fingerprint density at radius 1 is 0.833 bits per heavy atom. The van der Waals surface area contributed by atoms with Crippen molar-refractivity contribution in [2.45, 2.75) is 51.4 Å². The van der Waals surface area contributed by atoms with Gasteiger partial charge in [-0.2, -0.15) is 10.2 Å². The number of carbonyl (C=O) groups is 2. The van der Waals surface area contributed by atoms with E-state index in [1.54, 1.807) is 12.4 Å². The van der Waals surface area contributed by atoms with Gasteiger partial charge in [0, 0.05) is 25.3 Å². The molecule has 2 atom stereocenters. The van der Waals surface area contributed by atoms with Gasteiger partial charge < -0.3 is 0 Å². The minimum Gasteiger partial charge on any atom is -0.273 e. The van der Waals surface area contributed by atoms with Gasteiger partial charge in [0.05, 0.1) is 0 Å². The van der Waals surface area contributed by atoms with Crippen LogP contribution in [0.25, 0.3) is 0 Å². The third-order valence-electron chi connectivity index (χ3n) is 4.15. The quantitative estimate of drug-likeness (QED) is 0.427. The Morgan fingerprint density at radius 2 is 1.29 bits per heavy atom. The molecule has 0 spiro atoms. The third kappa shape index (κ3) is 7.35. The van der Waals surface area contributed by atoms with Crippen molar-refractivity contribution in [1.29, 1.82) is 0 Å². The predicted molar refractivity (Wildman–Crippen MR) is 95.5 cm³/mol. The molecule has 2 aliphatic rings. The molecular formula is C18H26N4O2. The minimum absolute atomic E-state index is 0.107. The molecule has 0 unspecified atom stereocenters. The predicted octanol–water partition coefficient (Wildman–Crippen LogP) is 2.68. The molecule has 0 radical (unpaired) electrons. The summed E-state index contributed by atoms with van der Waals surface area (Å²) >= 11 is 0. The molecule has 130 valence electrons. The van der Waals surface area contributed by atoms with Crippen LogP contribution in [0.2, 0.25) is 0 Å². The first-order chi connectivity index (χ1) is 11.7. The van der Waals surface area contributed by atoms with Gasteiger partial charge >= 0.3 is 0 Å². The normalized spacial score (nSPS) is 23.7. The van der Waals surface area contributed by atoms with Crippen LogP contribution >= 0.6 is 0 Å². The van der Waals surface area contributed by atoms with Gasteiger partial charge in [-0.25, -0.2) is 10.9 Å². The van der Waals surface area contributed by atoms with Crippen LogP contribution in [-0.4, -0.2) is 24.2 Å². The zero-order chi connectivity index (χ0) is 17.0. The fraction of sp³-hybridized carbons (Fsp3) is 0.556. The number of nitrogens with zero attached hydrogens (tertiary/aromatic N) is 2. The summed E-state index contributed by atoms with van der Waals surface area (Å²) in [7, 11) is 0. The van der Waals surface area contributed by atoms with Crippen molar-refractivity contribution in [1.82, 2.24) is 10.9 Å².